The van der Waals surface area contributed by atoms with E-state index >= 15 is 0 Å². The molecule has 0 amide bonds. The molecule has 0 aromatic heterocycles. The van der Waals surface area contributed by atoms with Gasteiger partial charge in [-0.2, -0.15) is 0 Å². The van der Waals surface area contributed by atoms with Crippen LogP contribution in [0.2, 0.25) is 0 Å². The number of hydrogen-bond donors (Lipinski definition) is 10. The molecule has 2 bridgehead atoms. The summed E-state index contributed by atoms with van der Waals surface area (Å²) in [7, 11) is 0. The van der Waals surface area contributed by atoms with E-state index in [1.807, 2.05) is 0 Å². The molecular formula is C47H76O17. The van der Waals surface area contributed by atoms with E-state index in [1.54, 1.807) is 0 Å². The number of aliphatic hydroxyl groups excluding tert-OH is 10. The molecule has 17 heteroatoms. The molecule has 5 aliphatic carbocycles. The highest BCUT2D eigenvalue weighted by Crippen LogP contribution is 2.79. The molecule has 64 heavy (non-hydrogen) atoms. The van der Waals surface area contributed by atoms with Crippen LogP contribution in [0.4, 0.5) is 0 Å². The van der Waals surface area contributed by atoms with Crippen LogP contribution < -0.4 is 0 Å². The quantitative estimate of drug-likeness (QED) is 0.114. The number of allylic oxidation sites excluding steroid dienone is 1. The molecule has 8 fully saturated rings. The maximum absolute atomic E-state index is 12.3. The molecule has 0 unspecified atom stereocenters. The minimum atomic E-state index is -1.82. The Labute approximate surface area is 376 Å². The molecule has 4 saturated carbocycles. The van der Waals surface area contributed by atoms with Crippen molar-refractivity contribution < 1.29 is 84.2 Å². The number of fused-ring (bicyclic) bond motifs is 4. The van der Waals surface area contributed by atoms with E-state index in [0.29, 0.717) is 31.3 Å². The van der Waals surface area contributed by atoms with Crippen molar-refractivity contribution in [1.29, 1.82) is 0 Å². The van der Waals surface area contributed by atoms with Gasteiger partial charge < -0.3 is 84.2 Å². The summed E-state index contributed by atoms with van der Waals surface area (Å²) >= 11 is 0. The van der Waals surface area contributed by atoms with Gasteiger partial charge >= 0.3 is 0 Å². The largest absolute Gasteiger partial charge is 0.394 e. The molecule has 17 nitrogen and oxygen atoms in total. The van der Waals surface area contributed by atoms with Crippen molar-refractivity contribution in [2.24, 2.45) is 56.7 Å². The van der Waals surface area contributed by atoms with Crippen LogP contribution in [0.15, 0.2) is 12.2 Å². The van der Waals surface area contributed by atoms with Crippen LogP contribution in [0.1, 0.15) is 93.4 Å². The van der Waals surface area contributed by atoms with Crippen molar-refractivity contribution in [1.82, 2.24) is 0 Å². The maximum Gasteiger partial charge on any atom is 0.187 e. The van der Waals surface area contributed by atoms with Crippen LogP contribution in [0, 0.1) is 56.7 Å². The Morgan fingerprint density at radius 3 is 1.91 bits per heavy atom. The second-order valence-corrected chi connectivity index (χ2v) is 22.9. The molecule has 0 aromatic rings. The number of ether oxygens (including phenoxy) is 7. The second-order valence-electron chi connectivity index (χ2n) is 22.9. The first-order chi connectivity index (χ1) is 30.1. The highest BCUT2D eigenvalue weighted by molar-refractivity contribution is 5.36. The van der Waals surface area contributed by atoms with Crippen molar-refractivity contribution in [3.63, 3.8) is 0 Å². The Balaban J connectivity index is 0.986. The molecule has 4 saturated heterocycles. The Bertz CT molecular complexity index is 1740. The van der Waals surface area contributed by atoms with Crippen molar-refractivity contribution in [3.05, 3.63) is 12.2 Å². The van der Waals surface area contributed by atoms with Gasteiger partial charge in [-0.05, 0) is 84.9 Å². The van der Waals surface area contributed by atoms with E-state index in [9.17, 15) is 51.1 Å². The smallest absolute Gasteiger partial charge is 0.187 e. The SMILES string of the molecule is C[C@H]1[C@H](C)CC[C@]23CO[C@@]4(C=C[C@@H]5[C@@]6(C)CC[C@H](O[C@@H]7O[C@H](CO)[C@@H](O)[C@H](O)[C@H]7O[C@@H]7O[C@H](CO)[C@@H](O)[C@H](O)[C@H]7O[C@@H]7OC[C@@H](O)[C@H](O)[C@H]7O)C(C)(C)[C@@H]6CC[C@@]5(C)[C@]4(C)C[C@H]2O)[C@H]13. The first-order valence-corrected chi connectivity index (χ1v) is 24.0. The standard InChI is InChI=1S/C47H76O17/c1-21-8-14-46-20-59-47(38(46)22(21)2)15-10-27-43(5)12-11-29(42(3,4)26(43)9-13-44(27,6)45(47,7)16-28(46)51)62-40-36(33(55)31(53)24(17-48)60-40)64-41-37(34(56)32(54)25(18-49)61-41)63-39-35(57)30(52)23(50)19-58-39/h10,15,21-41,48-57H,8-9,11-14,16-20H2,1-7H3/t21-,22+,23-,24-,25-,26+,27-,28-,29+,30+,31-,32-,33+,34+,35-,36-,37-,38-,39+,40+,41+,43+,44-,45+,46+,47+/m1/s1. The zero-order chi connectivity index (χ0) is 46.3. The zero-order valence-corrected chi connectivity index (χ0v) is 38.4. The van der Waals surface area contributed by atoms with E-state index in [-0.39, 0.29) is 39.4 Å². The van der Waals surface area contributed by atoms with E-state index in [0.717, 1.165) is 32.1 Å². The van der Waals surface area contributed by atoms with E-state index in [4.69, 9.17) is 33.2 Å². The third-order valence-corrected chi connectivity index (χ3v) is 19.9. The Hall–Kier alpha value is -0.940. The summed E-state index contributed by atoms with van der Waals surface area (Å²) in [6.45, 7) is 15.1. The van der Waals surface area contributed by atoms with E-state index < -0.39 is 129 Å². The monoisotopic (exact) mass is 913 g/mol. The van der Waals surface area contributed by atoms with Gasteiger partial charge in [0.2, 0.25) is 0 Å². The first-order valence-electron chi connectivity index (χ1n) is 24.0. The summed E-state index contributed by atoms with van der Waals surface area (Å²) in [6, 6.07) is 0. The highest BCUT2D eigenvalue weighted by Gasteiger charge is 2.79. The molecule has 0 aromatic carbocycles. The van der Waals surface area contributed by atoms with Gasteiger partial charge in [-0.25, -0.2) is 0 Å². The maximum atomic E-state index is 12.3. The molecule has 0 radical (unpaired) electrons. The van der Waals surface area contributed by atoms with Gasteiger partial charge in [-0.15, -0.1) is 0 Å². The van der Waals surface area contributed by atoms with E-state index in [2.05, 4.69) is 60.6 Å². The second kappa shape index (κ2) is 16.6. The lowest BCUT2D eigenvalue weighted by Gasteiger charge is -2.73. The molecule has 366 valence electrons. The average Bonchev–Trinajstić information content (AvgIpc) is 3.56. The summed E-state index contributed by atoms with van der Waals surface area (Å²) in [5, 5.41) is 108. The Kier molecular flexibility index (Phi) is 12.5. The molecule has 26 atom stereocenters. The van der Waals surface area contributed by atoms with Gasteiger partial charge in [0.25, 0.3) is 0 Å². The molecule has 4 heterocycles. The van der Waals surface area contributed by atoms with Crippen molar-refractivity contribution in [3.8, 4) is 0 Å². The summed E-state index contributed by atoms with van der Waals surface area (Å²) in [5.41, 5.74) is -1.86. The van der Waals surface area contributed by atoms with Crippen LogP contribution in [0.5, 0.6) is 0 Å². The fourth-order valence-corrected chi connectivity index (χ4v) is 15.8. The third kappa shape index (κ3) is 6.65. The lowest BCUT2D eigenvalue weighted by molar-refractivity contribution is -0.395. The lowest BCUT2D eigenvalue weighted by atomic mass is 9.31. The predicted octanol–water partition coefficient (Wildman–Crippen LogP) is 0.0961. The number of rotatable bonds is 8. The average molecular weight is 913 g/mol. The minimum absolute atomic E-state index is 0.147. The van der Waals surface area contributed by atoms with Crippen LogP contribution >= 0.6 is 0 Å². The topological polar surface area (TPSA) is 267 Å². The molecule has 1 spiro atoms. The van der Waals surface area contributed by atoms with Gasteiger partial charge in [0.1, 0.15) is 67.1 Å². The summed E-state index contributed by atoms with van der Waals surface area (Å²) < 4.78 is 43.7. The Morgan fingerprint density at radius 1 is 0.672 bits per heavy atom. The lowest BCUT2D eigenvalue weighted by Crippen LogP contribution is -2.73. The van der Waals surface area contributed by atoms with Crippen LogP contribution in [0.3, 0.4) is 0 Å². The minimum Gasteiger partial charge on any atom is -0.394 e. The number of aliphatic hydroxyl groups is 10. The Morgan fingerprint density at radius 2 is 1.28 bits per heavy atom. The highest BCUT2D eigenvalue weighted by atomic mass is 16.8. The molecule has 4 aliphatic heterocycles. The third-order valence-electron chi connectivity index (χ3n) is 19.9. The summed E-state index contributed by atoms with van der Waals surface area (Å²) in [5.74, 6) is 1.51. The number of hydrogen-bond acceptors (Lipinski definition) is 17. The van der Waals surface area contributed by atoms with Crippen LogP contribution in [-0.4, -0.2) is 181 Å². The molecule has 9 aliphatic rings. The van der Waals surface area contributed by atoms with Crippen LogP contribution in [0.25, 0.3) is 0 Å². The van der Waals surface area contributed by atoms with Gasteiger partial charge in [-0.1, -0.05) is 60.6 Å². The van der Waals surface area contributed by atoms with Crippen molar-refractivity contribution in [2.45, 2.75) is 197 Å². The summed E-state index contributed by atoms with van der Waals surface area (Å²) in [6.07, 6.45) is -12.5. The van der Waals surface area contributed by atoms with Crippen molar-refractivity contribution >= 4 is 0 Å². The zero-order valence-electron chi connectivity index (χ0n) is 38.4. The van der Waals surface area contributed by atoms with E-state index in [1.165, 1.54) is 0 Å². The molecule has 10 N–H and O–H groups in total. The van der Waals surface area contributed by atoms with Crippen LogP contribution in [-0.2, 0) is 33.2 Å². The normalized spacial score (nSPS) is 59.0. The van der Waals surface area contributed by atoms with Gasteiger partial charge in [0.15, 0.2) is 18.9 Å². The fourth-order valence-electron chi connectivity index (χ4n) is 15.8. The molecule has 9 rings (SSSR count). The van der Waals surface area contributed by atoms with Gasteiger partial charge in [-0.3, -0.25) is 0 Å². The van der Waals surface area contributed by atoms with Crippen molar-refractivity contribution in [2.75, 3.05) is 26.4 Å². The first kappa shape index (κ1) is 48.1. The molecular weight excluding hydrogens is 836 g/mol. The predicted molar refractivity (Wildman–Crippen MR) is 223 cm³/mol. The fraction of sp³-hybridized carbons (Fsp3) is 0.957. The summed E-state index contributed by atoms with van der Waals surface area (Å²) in [4.78, 5) is 0. The van der Waals surface area contributed by atoms with Gasteiger partial charge in [0, 0.05) is 16.7 Å². The van der Waals surface area contributed by atoms with Gasteiger partial charge in [0.05, 0.1) is 44.2 Å².